The maximum atomic E-state index is 12.5. The molecule has 0 spiro atoms. The first-order valence-electron chi connectivity index (χ1n) is 10.9. The van der Waals surface area contributed by atoms with Crippen molar-refractivity contribution >= 4 is 57.8 Å². The number of hydrogen-bond acceptors (Lipinski definition) is 7. The largest absolute Gasteiger partial charge is 0.490 e. The zero-order chi connectivity index (χ0) is 25.8. The Kier molecular flexibility index (Phi) is 7.90. The van der Waals surface area contributed by atoms with E-state index in [4.69, 9.17) is 25.8 Å². The maximum Gasteiger partial charge on any atom is 0.363 e. The lowest BCUT2D eigenvalue weighted by Crippen LogP contribution is -2.06. The highest BCUT2D eigenvalue weighted by molar-refractivity contribution is 14.1. The molecule has 3 aromatic carbocycles. The molecule has 3 aromatic rings. The van der Waals surface area contributed by atoms with E-state index in [9.17, 15) is 14.9 Å². The Balaban J connectivity index is 1.60. The number of ether oxygens (including phenoxy) is 3. The Morgan fingerprint density at radius 2 is 1.89 bits per heavy atom. The molecule has 0 aliphatic carbocycles. The third-order valence-electron chi connectivity index (χ3n) is 5.19. The van der Waals surface area contributed by atoms with Crippen LogP contribution in [0, 0.1) is 20.6 Å². The summed E-state index contributed by atoms with van der Waals surface area (Å²) in [7, 11) is 0. The van der Waals surface area contributed by atoms with Gasteiger partial charge in [0.2, 0.25) is 5.90 Å². The predicted molar refractivity (Wildman–Crippen MR) is 145 cm³/mol. The summed E-state index contributed by atoms with van der Waals surface area (Å²) in [5, 5.41) is 11.4. The van der Waals surface area contributed by atoms with Gasteiger partial charge in [0.15, 0.2) is 17.2 Å². The molecule has 184 valence electrons. The molecule has 0 aromatic heterocycles. The number of nitrogens with zero attached hydrogens (tertiary/aromatic N) is 2. The van der Waals surface area contributed by atoms with Crippen LogP contribution in [0.15, 0.2) is 65.3 Å². The average Bonchev–Trinajstić information content (AvgIpc) is 3.19. The zero-order valence-corrected chi connectivity index (χ0v) is 22.2. The Morgan fingerprint density at radius 1 is 1.14 bits per heavy atom. The van der Waals surface area contributed by atoms with Gasteiger partial charge in [0.1, 0.15) is 6.61 Å². The number of benzene rings is 3. The van der Waals surface area contributed by atoms with E-state index in [1.54, 1.807) is 25.1 Å². The summed E-state index contributed by atoms with van der Waals surface area (Å²) in [6.45, 7) is 4.15. The predicted octanol–water partition coefficient (Wildman–Crippen LogP) is 6.48. The molecular weight excluding hydrogens is 599 g/mol. The molecule has 4 rings (SSSR count). The van der Waals surface area contributed by atoms with E-state index >= 15 is 0 Å². The summed E-state index contributed by atoms with van der Waals surface area (Å²) in [6.07, 6.45) is 1.53. The van der Waals surface area contributed by atoms with E-state index in [-0.39, 0.29) is 17.3 Å². The van der Waals surface area contributed by atoms with Crippen molar-refractivity contribution in [2.24, 2.45) is 4.99 Å². The number of carbonyl (C=O) groups excluding carboxylic acids is 1. The molecule has 0 atom stereocenters. The van der Waals surface area contributed by atoms with E-state index in [2.05, 4.69) is 27.6 Å². The first-order chi connectivity index (χ1) is 17.2. The van der Waals surface area contributed by atoms with Gasteiger partial charge in [-0.1, -0.05) is 23.7 Å². The number of nitro benzene ring substituents is 1. The fourth-order valence-electron chi connectivity index (χ4n) is 3.49. The number of hydrogen-bond donors (Lipinski definition) is 0. The van der Waals surface area contributed by atoms with Crippen molar-refractivity contribution < 1.29 is 23.9 Å². The van der Waals surface area contributed by atoms with E-state index in [0.717, 1.165) is 9.13 Å². The van der Waals surface area contributed by atoms with Crippen LogP contribution in [0.25, 0.3) is 6.08 Å². The van der Waals surface area contributed by atoms with Gasteiger partial charge in [-0.3, -0.25) is 10.1 Å². The first kappa shape index (κ1) is 25.6. The molecule has 0 N–H and O–H groups in total. The molecule has 36 heavy (non-hydrogen) atoms. The molecule has 10 heteroatoms. The van der Waals surface area contributed by atoms with Crippen LogP contribution in [-0.2, 0) is 16.1 Å². The van der Waals surface area contributed by atoms with Crippen molar-refractivity contribution in [1.29, 1.82) is 0 Å². The van der Waals surface area contributed by atoms with Gasteiger partial charge in [0.05, 0.1) is 16.6 Å². The second-order valence-electron chi connectivity index (χ2n) is 7.77. The number of aryl methyl sites for hydroxylation is 1. The second kappa shape index (κ2) is 11.1. The molecule has 0 fully saturated rings. The van der Waals surface area contributed by atoms with Gasteiger partial charge in [0.25, 0.3) is 5.69 Å². The summed E-state index contributed by atoms with van der Waals surface area (Å²) < 4.78 is 18.1. The summed E-state index contributed by atoms with van der Waals surface area (Å²) in [5.41, 5.74) is 2.48. The van der Waals surface area contributed by atoms with Crippen LogP contribution >= 0.6 is 34.2 Å². The number of aliphatic imine (C=N–C) groups is 1. The third-order valence-corrected chi connectivity index (χ3v) is 6.19. The minimum Gasteiger partial charge on any atom is -0.490 e. The van der Waals surface area contributed by atoms with Gasteiger partial charge in [-0.25, -0.2) is 9.79 Å². The molecule has 1 aliphatic heterocycles. The van der Waals surface area contributed by atoms with E-state index < -0.39 is 10.9 Å². The Bertz CT molecular complexity index is 1400. The molecule has 0 saturated heterocycles. The van der Waals surface area contributed by atoms with E-state index in [0.29, 0.717) is 46.4 Å². The minimum atomic E-state index is -0.644. The molecule has 0 unspecified atom stereocenters. The van der Waals surface area contributed by atoms with E-state index in [1.807, 2.05) is 31.2 Å². The number of cyclic esters (lactones) is 1. The normalized spacial score (nSPS) is 13.9. The molecule has 0 bridgehead atoms. The molecule has 0 radical (unpaired) electrons. The number of halogens is 2. The van der Waals surface area contributed by atoms with Crippen LogP contribution in [0.3, 0.4) is 0 Å². The zero-order valence-electron chi connectivity index (χ0n) is 19.3. The molecule has 0 saturated carbocycles. The fraction of sp³-hybridized carbons (Fsp3) is 0.154. The van der Waals surface area contributed by atoms with Gasteiger partial charge in [0, 0.05) is 20.8 Å². The lowest BCUT2D eigenvalue weighted by Gasteiger charge is -2.14. The molecule has 1 heterocycles. The van der Waals surface area contributed by atoms with Crippen LogP contribution in [0.2, 0.25) is 5.02 Å². The summed E-state index contributed by atoms with van der Waals surface area (Å²) >= 11 is 8.76. The lowest BCUT2D eigenvalue weighted by atomic mass is 10.1. The van der Waals surface area contributed by atoms with Gasteiger partial charge < -0.3 is 14.2 Å². The quantitative estimate of drug-likeness (QED) is 0.0942. The van der Waals surface area contributed by atoms with Crippen LogP contribution in [-0.4, -0.2) is 23.4 Å². The Hall–Kier alpha value is -3.44. The smallest absolute Gasteiger partial charge is 0.363 e. The number of carbonyl (C=O) groups is 1. The van der Waals surface area contributed by atoms with Crippen LogP contribution in [0.5, 0.6) is 11.5 Å². The lowest BCUT2D eigenvalue weighted by molar-refractivity contribution is -0.385. The number of nitro groups is 1. The maximum absolute atomic E-state index is 12.5. The first-order valence-corrected chi connectivity index (χ1v) is 12.3. The number of esters is 1. The second-order valence-corrected chi connectivity index (χ2v) is 9.43. The standard InChI is InChI=1S/C26H20ClIN2O6/c1-3-34-23-13-17(11-20(27)24(23)35-14-16-4-7-19(28)8-5-16)12-21-26(31)36-25(29-21)18-6-9-22(30(32)33)15(2)10-18/h4-13H,3,14H2,1-2H3/b21-12-. The van der Waals surface area contributed by atoms with Crippen LogP contribution in [0.4, 0.5) is 5.69 Å². The Morgan fingerprint density at radius 3 is 2.56 bits per heavy atom. The molecule has 1 aliphatic rings. The van der Waals surface area contributed by atoms with Crippen LogP contribution < -0.4 is 9.47 Å². The minimum absolute atomic E-state index is 0.0261. The average molecular weight is 619 g/mol. The van der Waals surface area contributed by atoms with Crippen LogP contribution in [0.1, 0.15) is 29.2 Å². The van der Waals surface area contributed by atoms with Crippen molar-refractivity contribution in [2.45, 2.75) is 20.5 Å². The molecule has 0 amide bonds. The van der Waals surface area contributed by atoms with Crippen molar-refractivity contribution in [3.05, 3.63) is 101 Å². The summed E-state index contributed by atoms with van der Waals surface area (Å²) in [6, 6.07) is 15.7. The summed E-state index contributed by atoms with van der Waals surface area (Å²) in [5.74, 6) is 0.259. The topological polar surface area (TPSA) is 100 Å². The highest BCUT2D eigenvalue weighted by Crippen LogP contribution is 2.38. The van der Waals surface area contributed by atoms with E-state index in [1.165, 1.54) is 18.2 Å². The van der Waals surface area contributed by atoms with Gasteiger partial charge in [-0.15, -0.1) is 0 Å². The van der Waals surface area contributed by atoms with Gasteiger partial charge in [-0.2, -0.15) is 0 Å². The van der Waals surface area contributed by atoms with Crippen molar-refractivity contribution in [3.63, 3.8) is 0 Å². The fourth-order valence-corrected chi connectivity index (χ4v) is 4.13. The Labute approximate surface area is 225 Å². The van der Waals surface area contributed by atoms with Crippen molar-refractivity contribution in [2.75, 3.05) is 6.61 Å². The summed E-state index contributed by atoms with van der Waals surface area (Å²) in [4.78, 5) is 27.3. The number of rotatable bonds is 8. The highest BCUT2D eigenvalue weighted by atomic mass is 127. The third kappa shape index (κ3) is 5.85. The van der Waals surface area contributed by atoms with Crippen molar-refractivity contribution in [1.82, 2.24) is 0 Å². The SMILES string of the molecule is CCOc1cc(/C=C2\N=C(c3ccc([N+](=O)[O-])c(C)c3)OC2=O)cc(Cl)c1OCc1ccc(I)cc1. The van der Waals surface area contributed by atoms with Gasteiger partial charge >= 0.3 is 5.97 Å². The molecular formula is C26H20ClIN2O6. The monoisotopic (exact) mass is 618 g/mol. The van der Waals surface area contributed by atoms with Gasteiger partial charge in [-0.05, 0) is 90.0 Å². The highest BCUT2D eigenvalue weighted by Gasteiger charge is 2.26. The molecule has 8 nitrogen and oxygen atoms in total. The van der Waals surface area contributed by atoms with Crippen molar-refractivity contribution in [3.8, 4) is 11.5 Å².